The minimum Gasteiger partial charge on any atom is -0.493 e. The zero-order chi connectivity index (χ0) is 19.3. The Morgan fingerprint density at radius 1 is 1.00 bits per heavy atom. The van der Waals surface area contributed by atoms with Gasteiger partial charge >= 0.3 is 5.97 Å². The number of aromatic nitrogens is 1. The van der Waals surface area contributed by atoms with Gasteiger partial charge in [0.2, 0.25) is 0 Å². The maximum Gasteiger partial charge on any atom is 0.342 e. The summed E-state index contributed by atoms with van der Waals surface area (Å²) in [6, 6.07) is 22.8. The molecule has 28 heavy (non-hydrogen) atoms. The summed E-state index contributed by atoms with van der Waals surface area (Å²) in [5.41, 5.74) is 1.89. The Kier molecular flexibility index (Phi) is 5.06. The van der Waals surface area contributed by atoms with Gasteiger partial charge in [-0.05, 0) is 23.8 Å². The van der Waals surface area contributed by atoms with Gasteiger partial charge in [0.1, 0.15) is 23.6 Å². The number of benzene rings is 3. The predicted molar refractivity (Wildman–Crippen MR) is 106 cm³/mol. The van der Waals surface area contributed by atoms with Gasteiger partial charge in [-0.3, -0.25) is 0 Å². The summed E-state index contributed by atoms with van der Waals surface area (Å²) in [6.45, 7) is 2.36. The van der Waals surface area contributed by atoms with Crippen molar-refractivity contribution >= 4 is 16.7 Å². The summed E-state index contributed by atoms with van der Waals surface area (Å²) in [7, 11) is 0. The van der Waals surface area contributed by atoms with Gasteiger partial charge in [-0.15, -0.1) is 0 Å². The molecule has 0 saturated heterocycles. The summed E-state index contributed by atoms with van der Waals surface area (Å²) in [5.74, 6) is 0.688. The van der Waals surface area contributed by atoms with E-state index in [0.717, 1.165) is 16.3 Å². The lowest BCUT2D eigenvalue weighted by Crippen LogP contribution is -2.09. The molecule has 0 atom stereocenters. The molecule has 0 spiro atoms. The lowest BCUT2D eigenvalue weighted by Gasteiger charge is -2.12. The predicted octanol–water partition coefficient (Wildman–Crippen LogP) is 5.25. The first-order valence-corrected chi connectivity index (χ1v) is 9.09. The van der Waals surface area contributed by atoms with Crippen LogP contribution in [0.1, 0.15) is 23.0 Å². The normalized spacial score (nSPS) is 10.8. The molecular weight excluding hydrogens is 354 g/mol. The topological polar surface area (TPSA) is 61.6 Å². The van der Waals surface area contributed by atoms with Gasteiger partial charge in [-0.1, -0.05) is 65.8 Å². The molecule has 140 valence electrons. The molecule has 0 radical (unpaired) electrons. The highest BCUT2D eigenvalue weighted by Crippen LogP contribution is 2.29. The zero-order valence-corrected chi connectivity index (χ0v) is 15.4. The number of rotatable bonds is 6. The van der Waals surface area contributed by atoms with E-state index in [2.05, 4.69) is 5.16 Å². The lowest BCUT2D eigenvalue weighted by molar-refractivity contribution is 0.0462. The number of hydrogen-bond acceptors (Lipinski definition) is 5. The van der Waals surface area contributed by atoms with E-state index in [1.165, 1.54) is 0 Å². The fourth-order valence-corrected chi connectivity index (χ4v) is 3.07. The highest BCUT2D eigenvalue weighted by Gasteiger charge is 2.19. The average molecular weight is 373 g/mol. The summed E-state index contributed by atoms with van der Waals surface area (Å²) in [4.78, 5) is 12.8. The van der Waals surface area contributed by atoms with E-state index in [-0.39, 0.29) is 6.61 Å². The van der Waals surface area contributed by atoms with Crippen molar-refractivity contribution in [2.45, 2.75) is 13.5 Å². The number of nitrogens with zero attached hydrogens (tertiary/aromatic N) is 1. The Bertz CT molecular complexity index is 1100. The van der Waals surface area contributed by atoms with Crippen molar-refractivity contribution in [1.82, 2.24) is 5.16 Å². The van der Waals surface area contributed by atoms with Gasteiger partial charge in [0.15, 0.2) is 5.76 Å². The van der Waals surface area contributed by atoms with E-state index < -0.39 is 5.97 Å². The smallest absolute Gasteiger partial charge is 0.342 e. The van der Waals surface area contributed by atoms with Crippen LogP contribution < -0.4 is 4.74 Å². The van der Waals surface area contributed by atoms with Crippen LogP contribution in [0.25, 0.3) is 22.1 Å². The molecule has 3 aromatic carbocycles. The second kappa shape index (κ2) is 7.96. The molecule has 0 aliphatic heterocycles. The summed E-state index contributed by atoms with van der Waals surface area (Å²) >= 11 is 0. The van der Waals surface area contributed by atoms with Gasteiger partial charge in [0.05, 0.1) is 6.61 Å². The lowest BCUT2D eigenvalue weighted by atomic mass is 10.0. The molecule has 5 nitrogen and oxygen atoms in total. The maximum absolute atomic E-state index is 12.8. The van der Waals surface area contributed by atoms with Crippen molar-refractivity contribution in [3.05, 3.63) is 84.1 Å². The van der Waals surface area contributed by atoms with E-state index in [1.807, 2.05) is 67.6 Å². The van der Waals surface area contributed by atoms with Crippen LogP contribution >= 0.6 is 0 Å². The quantitative estimate of drug-likeness (QED) is 0.432. The molecule has 5 heteroatoms. The van der Waals surface area contributed by atoms with Crippen LogP contribution in [-0.4, -0.2) is 17.7 Å². The molecule has 4 aromatic rings. The third kappa shape index (κ3) is 3.60. The minimum absolute atomic E-state index is 0.0178. The van der Waals surface area contributed by atoms with Crippen molar-refractivity contribution in [3.8, 4) is 17.1 Å². The maximum atomic E-state index is 12.8. The number of ether oxygens (including phenoxy) is 2. The van der Waals surface area contributed by atoms with Crippen LogP contribution in [0.3, 0.4) is 0 Å². The molecule has 0 amide bonds. The molecule has 0 fully saturated rings. The van der Waals surface area contributed by atoms with Crippen molar-refractivity contribution in [2.24, 2.45) is 0 Å². The van der Waals surface area contributed by atoms with Crippen molar-refractivity contribution in [3.63, 3.8) is 0 Å². The molecule has 0 aliphatic carbocycles. The highest BCUT2D eigenvalue weighted by molar-refractivity contribution is 6.07. The molecule has 1 aromatic heterocycles. The van der Waals surface area contributed by atoms with E-state index in [0.29, 0.717) is 29.4 Å². The van der Waals surface area contributed by atoms with Crippen LogP contribution in [-0.2, 0) is 11.3 Å². The van der Waals surface area contributed by atoms with Crippen LogP contribution in [0.2, 0.25) is 0 Å². The summed E-state index contributed by atoms with van der Waals surface area (Å²) in [5, 5.41) is 5.74. The zero-order valence-electron chi connectivity index (χ0n) is 15.4. The van der Waals surface area contributed by atoms with E-state index in [1.54, 1.807) is 12.1 Å². The standard InChI is InChI=1S/C23H19NO4/c1-2-26-20-13-12-16-8-6-7-11-19(16)22(20)23(25)27-15-18-14-21(28-24-18)17-9-4-3-5-10-17/h3-14H,2,15H2,1H3. The molecule has 1 heterocycles. The number of fused-ring (bicyclic) bond motifs is 1. The SMILES string of the molecule is CCOc1ccc2ccccc2c1C(=O)OCc1cc(-c2ccccc2)on1. The first kappa shape index (κ1) is 17.8. The van der Waals surface area contributed by atoms with Gasteiger partial charge in [0.25, 0.3) is 0 Å². The molecule has 0 saturated carbocycles. The number of esters is 1. The summed E-state index contributed by atoms with van der Waals surface area (Å²) in [6.07, 6.45) is 0. The summed E-state index contributed by atoms with van der Waals surface area (Å²) < 4.78 is 16.5. The monoisotopic (exact) mass is 373 g/mol. The number of carbonyl (C=O) groups is 1. The fraction of sp³-hybridized carbons (Fsp3) is 0.130. The van der Waals surface area contributed by atoms with Crippen LogP contribution in [0, 0.1) is 0 Å². The number of hydrogen-bond donors (Lipinski definition) is 0. The van der Waals surface area contributed by atoms with Crippen LogP contribution in [0.4, 0.5) is 0 Å². The fourth-order valence-electron chi connectivity index (χ4n) is 3.07. The van der Waals surface area contributed by atoms with Crippen LogP contribution in [0.15, 0.2) is 77.3 Å². The molecule has 0 N–H and O–H groups in total. The van der Waals surface area contributed by atoms with Gasteiger partial charge in [0, 0.05) is 11.6 Å². The van der Waals surface area contributed by atoms with Gasteiger partial charge in [-0.2, -0.15) is 0 Å². The third-order valence-electron chi connectivity index (χ3n) is 4.36. The second-order valence-corrected chi connectivity index (χ2v) is 6.22. The average Bonchev–Trinajstić information content (AvgIpc) is 3.22. The Morgan fingerprint density at radius 3 is 2.61 bits per heavy atom. The number of carbonyl (C=O) groups excluding carboxylic acids is 1. The Hall–Kier alpha value is -3.60. The van der Waals surface area contributed by atoms with E-state index in [4.69, 9.17) is 14.0 Å². The Morgan fingerprint density at radius 2 is 1.79 bits per heavy atom. The van der Waals surface area contributed by atoms with Gasteiger partial charge < -0.3 is 14.0 Å². The third-order valence-corrected chi connectivity index (χ3v) is 4.36. The Labute approximate surface area is 162 Å². The van der Waals surface area contributed by atoms with Gasteiger partial charge in [-0.25, -0.2) is 4.79 Å². The van der Waals surface area contributed by atoms with E-state index >= 15 is 0 Å². The Balaban J connectivity index is 1.56. The minimum atomic E-state index is -0.454. The van der Waals surface area contributed by atoms with E-state index in [9.17, 15) is 4.79 Å². The van der Waals surface area contributed by atoms with Crippen LogP contribution in [0.5, 0.6) is 5.75 Å². The molecular formula is C23H19NO4. The molecule has 4 rings (SSSR count). The molecule has 0 aliphatic rings. The second-order valence-electron chi connectivity index (χ2n) is 6.22. The molecule has 0 bridgehead atoms. The first-order valence-electron chi connectivity index (χ1n) is 9.09. The first-order chi connectivity index (χ1) is 13.8. The van der Waals surface area contributed by atoms with Crippen molar-refractivity contribution in [2.75, 3.05) is 6.61 Å². The molecule has 0 unspecified atom stereocenters. The van der Waals surface area contributed by atoms with Crippen molar-refractivity contribution in [1.29, 1.82) is 0 Å². The largest absolute Gasteiger partial charge is 0.493 e. The highest BCUT2D eigenvalue weighted by atomic mass is 16.5. The van der Waals surface area contributed by atoms with Crippen molar-refractivity contribution < 1.29 is 18.8 Å².